The molecule has 1 amide bonds. The van der Waals surface area contributed by atoms with Crippen molar-refractivity contribution < 1.29 is 4.79 Å². The number of anilines is 2. The highest BCUT2D eigenvalue weighted by atomic mass is 32.1. The molecule has 0 unspecified atom stereocenters. The molecular formula is C21H23N3OS2. The third-order valence-electron chi connectivity index (χ3n) is 4.83. The first-order valence-corrected chi connectivity index (χ1v) is 11.1. The predicted molar refractivity (Wildman–Crippen MR) is 115 cm³/mol. The van der Waals surface area contributed by atoms with Crippen LogP contribution in [-0.2, 0) is 0 Å². The van der Waals surface area contributed by atoms with Crippen LogP contribution in [0.25, 0.3) is 9.88 Å². The van der Waals surface area contributed by atoms with Crippen LogP contribution in [0.1, 0.15) is 41.0 Å². The molecule has 3 aromatic rings. The molecule has 140 valence electrons. The van der Waals surface area contributed by atoms with Gasteiger partial charge in [-0.15, -0.1) is 22.7 Å². The molecule has 0 radical (unpaired) electrons. The topological polar surface area (TPSA) is 45.2 Å². The van der Waals surface area contributed by atoms with Gasteiger partial charge in [-0.3, -0.25) is 4.79 Å². The van der Waals surface area contributed by atoms with Crippen molar-refractivity contribution >= 4 is 40.0 Å². The van der Waals surface area contributed by atoms with Gasteiger partial charge in [0.25, 0.3) is 5.91 Å². The molecular weight excluding hydrogens is 374 g/mol. The fraction of sp³-hybridized carbons (Fsp3) is 0.333. The number of benzene rings is 1. The maximum atomic E-state index is 13.0. The van der Waals surface area contributed by atoms with Gasteiger partial charge in [0.15, 0.2) is 0 Å². The molecule has 1 fully saturated rings. The summed E-state index contributed by atoms with van der Waals surface area (Å²) in [5, 5.41) is 6.08. The summed E-state index contributed by atoms with van der Waals surface area (Å²) in [5.41, 5.74) is 2.79. The van der Waals surface area contributed by atoms with Gasteiger partial charge in [-0.2, -0.15) is 0 Å². The van der Waals surface area contributed by atoms with E-state index in [0.717, 1.165) is 40.0 Å². The van der Waals surface area contributed by atoms with Crippen molar-refractivity contribution in [2.75, 3.05) is 23.3 Å². The van der Waals surface area contributed by atoms with E-state index in [4.69, 9.17) is 0 Å². The number of thiazole rings is 1. The van der Waals surface area contributed by atoms with E-state index in [1.807, 2.05) is 42.6 Å². The van der Waals surface area contributed by atoms with E-state index in [1.165, 1.54) is 37.0 Å². The van der Waals surface area contributed by atoms with Crippen molar-refractivity contribution in [2.45, 2.75) is 32.6 Å². The average Bonchev–Trinajstić information content (AvgIpc) is 3.25. The molecule has 1 saturated heterocycles. The Labute approximate surface area is 167 Å². The van der Waals surface area contributed by atoms with Crippen molar-refractivity contribution in [1.82, 2.24) is 4.98 Å². The van der Waals surface area contributed by atoms with Crippen molar-refractivity contribution in [3.8, 4) is 9.88 Å². The quantitative estimate of drug-likeness (QED) is 0.604. The minimum absolute atomic E-state index is 0.0740. The predicted octanol–water partition coefficient (Wildman–Crippen LogP) is 5.81. The van der Waals surface area contributed by atoms with Crippen LogP contribution in [0.3, 0.4) is 0 Å². The summed E-state index contributed by atoms with van der Waals surface area (Å²) in [6, 6.07) is 12.2. The first-order chi connectivity index (χ1) is 13.2. The molecule has 4 rings (SSSR count). The highest BCUT2D eigenvalue weighted by Gasteiger charge is 2.19. The molecule has 3 heterocycles. The summed E-state index contributed by atoms with van der Waals surface area (Å²) in [6.45, 7) is 4.01. The average molecular weight is 398 g/mol. The smallest absolute Gasteiger partial charge is 0.267 e. The van der Waals surface area contributed by atoms with Crippen molar-refractivity contribution in [3.63, 3.8) is 0 Å². The standard InChI is InChI=1S/C21H23N3OS2/c1-15-19(27-21(22-15)18-11-8-14-26-18)20(25)23-16-9-4-5-10-17(16)24-12-6-2-3-7-13-24/h4-5,8-11,14H,2-3,6-7,12-13H2,1H3,(H,23,25). The third-order valence-corrected chi connectivity index (χ3v) is 7.03. The summed E-state index contributed by atoms with van der Waals surface area (Å²) in [4.78, 5) is 21.8. The Hall–Kier alpha value is -2.18. The van der Waals surface area contributed by atoms with Gasteiger partial charge in [0.05, 0.1) is 21.9 Å². The number of nitrogens with one attached hydrogen (secondary N) is 1. The lowest BCUT2D eigenvalue weighted by Crippen LogP contribution is -2.25. The van der Waals surface area contributed by atoms with Gasteiger partial charge in [-0.05, 0) is 43.3 Å². The van der Waals surface area contributed by atoms with Crippen LogP contribution in [0.2, 0.25) is 0 Å². The number of aryl methyl sites for hydroxylation is 1. The normalized spacial score (nSPS) is 14.8. The number of amides is 1. The highest BCUT2D eigenvalue weighted by molar-refractivity contribution is 7.22. The molecule has 2 aromatic heterocycles. The Balaban J connectivity index is 1.57. The Morgan fingerprint density at radius 3 is 2.59 bits per heavy atom. The van der Waals surface area contributed by atoms with Crippen LogP contribution < -0.4 is 10.2 Å². The number of hydrogen-bond donors (Lipinski definition) is 1. The second-order valence-corrected chi connectivity index (χ2v) is 8.73. The second kappa shape index (κ2) is 8.23. The Bertz CT molecular complexity index is 909. The maximum absolute atomic E-state index is 13.0. The van der Waals surface area contributed by atoms with Gasteiger partial charge in [-0.1, -0.05) is 31.0 Å². The number of hydrogen-bond acceptors (Lipinski definition) is 5. The van der Waals surface area contributed by atoms with E-state index in [2.05, 4.69) is 21.3 Å². The summed E-state index contributed by atoms with van der Waals surface area (Å²) in [5.74, 6) is -0.0740. The van der Waals surface area contributed by atoms with Crippen molar-refractivity contribution in [1.29, 1.82) is 0 Å². The molecule has 4 nitrogen and oxygen atoms in total. The van der Waals surface area contributed by atoms with E-state index in [9.17, 15) is 4.79 Å². The highest BCUT2D eigenvalue weighted by Crippen LogP contribution is 2.33. The van der Waals surface area contributed by atoms with Crippen LogP contribution in [0, 0.1) is 6.92 Å². The number of carbonyl (C=O) groups excluding carboxylic acids is 1. The van der Waals surface area contributed by atoms with E-state index in [0.29, 0.717) is 4.88 Å². The van der Waals surface area contributed by atoms with E-state index >= 15 is 0 Å². The van der Waals surface area contributed by atoms with Gasteiger partial charge in [0.2, 0.25) is 0 Å². The Morgan fingerprint density at radius 2 is 1.85 bits per heavy atom. The largest absolute Gasteiger partial charge is 0.370 e. The SMILES string of the molecule is Cc1nc(-c2cccs2)sc1C(=O)Nc1ccccc1N1CCCCCC1. The number of carbonyl (C=O) groups is 1. The van der Waals surface area contributed by atoms with Gasteiger partial charge < -0.3 is 10.2 Å². The molecule has 0 aliphatic carbocycles. The lowest BCUT2D eigenvalue weighted by molar-refractivity contribution is 0.103. The number of para-hydroxylation sites is 2. The minimum Gasteiger partial charge on any atom is -0.370 e. The zero-order chi connectivity index (χ0) is 18.6. The van der Waals surface area contributed by atoms with E-state index in [1.54, 1.807) is 11.3 Å². The molecule has 1 aromatic carbocycles. The van der Waals surface area contributed by atoms with E-state index < -0.39 is 0 Å². The monoisotopic (exact) mass is 397 g/mol. The summed E-state index contributed by atoms with van der Waals surface area (Å²) < 4.78 is 0. The van der Waals surface area contributed by atoms with Gasteiger partial charge in [-0.25, -0.2) is 4.98 Å². The zero-order valence-corrected chi connectivity index (χ0v) is 17.0. The summed E-state index contributed by atoms with van der Waals surface area (Å²) in [7, 11) is 0. The van der Waals surface area contributed by atoms with Gasteiger partial charge in [0, 0.05) is 13.1 Å². The zero-order valence-electron chi connectivity index (χ0n) is 15.4. The van der Waals surface area contributed by atoms with Crippen LogP contribution >= 0.6 is 22.7 Å². The fourth-order valence-electron chi connectivity index (χ4n) is 3.46. The third kappa shape index (κ3) is 4.06. The fourth-order valence-corrected chi connectivity index (χ4v) is 5.22. The van der Waals surface area contributed by atoms with Crippen molar-refractivity contribution in [3.05, 3.63) is 52.3 Å². The van der Waals surface area contributed by atoms with E-state index in [-0.39, 0.29) is 5.91 Å². The number of nitrogens with zero attached hydrogens (tertiary/aromatic N) is 2. The van der Waals surface area contributed by atoms with Gasteiger partial charge in [0.1, 0.15) is 9.88 Å². The molecule has 0 bridgehead atoms. The van der Waals surface area contributed by atoms with Gasteiger partial charge >= 0.3 is 0 Å². The summed E-state index contributed by atoms with van der Waals surface area (Å²) in [6.07, 6.45) is 4.99. The number of thiophene rings is 1. The van der Waals surface area contributed by atoms with Crippen LogP contribution in [0.4, 0.5) is 11.4 Å². The van der Waals surface area contributed by atoms with Crippen molar-refractivity contribution in [2.24, 2.45) is 0 Å². The number of aromatic nitrogens is 1. The van der Waals surface area contributed by atoms with Crippen LogP contribution in [-0.4, -0.2) is 24.0 Å². The second-order valence-electron chi connectivity index (χ2n) is 6.78. The lowest BCUT2D eigenvalue weighted by Gasteiger charge is -2.25. The molecule has 0 atom stereocenters. The Kier molecular flexibility index (Phi) is 5.55. The van der Waals surface area contributed by atoms with Crippen LogP contribution in [0.15, 0.2) is 41.8 Å². The Morgan fingerprint density at radius 1 is 1.07 bits per heavy atom. The molecule has 27 heavy (non-hydrogen) atoms. The minimum atomic E-state index is -0.0740. The molecule has 1 N–H and O–H groups in total. The number of rotatable bonds is 4. The summed E-state index contributed by atoms with van der Waals surface area (Å²) >= 11 is 3.11. The molecule has 0 saturated carbocycles. The molecule has 0 spiro atoms. The molecule has 6 heteroatoms. The molecule has 1 aliphatic heterocycles. The lowest BCUT2D eigenvalue weighted by atomic mass is 10.2. The first-order valence-electron chi connectivity index (χ1n) is 9.39. The first kappa shape index (κ1) is 18.2. The molecule has 1 aliphatic rings. The maximum Gasteiger partial charge on any atom is 0.267 e. The van der Waals surface area contributed by atoms with Crippen LogP contribution in [0.5, 0.6) is 0 Å².